The zero-order valence-electron chi connectivity index (χ0n) is 10.2. The van der Waals surface area contributed by atoms with Gasteiger partial charge in [-0.05, 0) is 31.0 Å². The van der Waals surface area contributed by atoms with Gasteiger partial charge in [-0.3, -0.25) is 4.79 Å². The molecular formula is C13H16Cl2N2O. The number of hydrogen-bond acceptors (Lipinski definition) is 2. The van der Waals surface area contributed by atoms with E-state index in [-0.39, 0.29) is 18.0 Å². The lowest BCUT2D eigenvalue weighted by Crippen LogP contribution is -2.41. The molecule has 0 aliphatic carbocycles. The van der Waals surface area contributed by atoms with Crippen LogP contribution in [0.25, 0.3) is 0 Å². The lowest BCUT2D eigenvalue weighted by molar-refractivity contribution is -0.131. The van der Waals surface area contributed by atoms with Gasteiger partial charge in [-0.25, -0.2) is 0 Å². The second-order valence-corrected chi connectivity index (χ2v) is 5.52. The molecule has 1 amide bonds. The fraction of sp³-hybridized carbons (Fsp3) is 0.462. The summed E-state index contributed by atoms with van der Waals surface area (Å²) >= 11 is 11.8. The molecule has 18 heavy (non-hydrogen) atoms. The van der Waals surface area contributed by atoms with E-state index in [1.165, 1.54) is 0 Å². The smallest absolute Gasteiger partial charge is 0.227 e. The van der Waals surface area contributed by atoms with E-state index in [4.69, 9.17) is 28.9 Å². The van der Waals surface area contributed by atoms with Gasteiger partial charge in [0, 0.05) is 18.6 Å². The first kappa shape index (κ1) is 13.7. The first-order valence-electron chi connectivity index (χ1n) is 5.98. The third-order valence-electron chi connectivity index (χ3n) is 3.47. The molecule has 2 atom stereocenters. The van der Waals surface area contributed by atoms with Crippen molar-refractivity contribution < 1.29 is 4.79 Å². The molecule has 0 aromatic heterocycles. The Hall–Kier alpha value is -0.770. The average Bonchev–Trinajstić information content (AvgIpc) is 2.65. The topological polar surface area (TPSA) is 46.3 Å². The van der Waals surface area contributed by atoms with Gasteiger partial charge in [-0.2, -0.15) is 0 Å². The number of halogens is 2. The summed E-state index contributed by atoms with van der Waals surface area (Å²) in [6, 6.07) is 5.48. The summed E-state index contributed by atoms with van der Waals surface area (Å²) in [4.78, 5) is 14.0. The van der Waals surface area contributed by atoms with Crippen molar-refractivity contribution in [1.82, 2.24) is 4.90 Å². The summed E-state index contributed by atoms with van der Waals surface area (Å²) in [6.07, 6.45) is 1.21. The maximum Gasteiger partial charge on any atom is 0.227 e. The van der Waals surface area contributed by atoms with Crippen LogP contribution >= 0.6 is 23.2 Å². The van der Waals surface area contributed by atoms with Crippen LogP contribution in [0, 0.1) is 0 Å². The molecule has 2 unspecified atom stereocenters. The predicted molar refractivity (Wildman–Crippen MR) is 73.9 cm³/mol. The third kappa shape index (κ3) is 2.79. The number of nitrogens with two attached hydrogens (primary N) is 1. The SMILES string of the molecule is CC1C(N)CCN1C(=O)Cc1ccc(Cl)c(Cl)c1. The molecule has 98 valence electrons. The fourth-order valence-corrected chi connectivity index (χ4v) is 2.56. The molecule has 2 rings (SSSR count). The summed E-state index contributed by atoms with van der Waals surface area (Å²) in [5, 5.41) is 0.984. The minimum absolute atomic E-state index is 0.0859. The van der Waals surface area contributed by atoms with Crippen molar-refractivity contribution in [2.75, 3.05) is 6.54 Å². The second kappa shape index (κ2) is 5.47. The predicted octanol–water partition coefficient (Wildman–Crippen LogP) is 2.48. The maximum absolute atomic E-state index is 12.2. The van der Waals surface area contributed by atoms with Gasteiger partial charge in [0.1, 0.15) is 0 Å². The van der Waals surface area contributed by atoms with E-state index in [1.54, 1.807) is 12.1 Å². The van der Waals surface area contributed by atoms with Gasteiger partial charge in [-0.1, -0.05) is 29.3 Å². The highest BCUT2D eigenvalue weighted by Crippen LogP contribution is 2.24. The van der Waals surface area contributed by atoms with Crippen molar-refractivity contribution in [2.45, 2.75) is 31.8 Å². The average molecular weight is 287 g/mol. The standard InChI is InChI=1S/C13H16Cl2N2O/c1-8-12(16)4-5-17(8)13(18)7-9-2-3-10(14)11(15)6-9/h2-3,6,8,12H,4-5,7,16H2,1H3. The number of likely N-dealkylation sites (tertiary alicyclic amines) is 1. The Labute approximate surface area is 117 Å². The first-order chi connectivity index (χ1) is 8.49. The van der Waals surface area contributed by atoms with Gasteiger partial charge < -0.3 is 10.6 Å². The van der Waals surface area contributed by atoms with Crippen LogP contribution in [0.15, 0.2) is 18.2 Å². The lowest BCUT2D eigenvalue weighted by Gasteiger charge is -2.23. The monoisotopic (exact) mass is 286 g/mol. The Bertz CT molecular complexity index is 464. The van der Waals surface area contributed by atoms with E-state index < -0.39 is 0 Å². The van der Waals surface area contributed by atoms with Gasteiger partial charge in [0.05, 0.1) is 16.5 Å². The number of hydrogen-bond donors (Lipinski definition) is 1. The summed E-state index contributed by atoms with van der Waals surface area (Å²) < 4.78 is 0. The van der Waals surface area contributed by atoms with Crippen molar-refractivity contribution in [3.05, 3.63) is 33.8 Å². The van der Waals surface area contributed by atoms with E-state index in [0.29, 0.717) is 16.5 Å². The maximum atomic E-state index is 12.2. The number of nitrogens with zero attached hydrogens (tertiary/aromatic N) is 1. The van der Waals surface area contributed by atoms with Crippen LogP contribution in [0.1, 0.15) is 18.9 Å². The number of carbonyl (C=O) groups excluding carboxylic acids is 1. The Balaban J connectivity index is 2.05. The van der Waals surface area contributed by atoms with Crippen molar-refractivity contribution in [2.24, 2.45) is 5.73 Å². The van der Waals surface area contributed by atoms with Crippen LogP contribution in [0.3, 0.4) is 0 Å². The van der Waals surface area contributed by atoms with Gasteiger partial charge in [-0.15, -0.1) is 0 Å². The number of carbonyl (C=O) groups is 1. The molecule has 5 heteroatoms. The Morgan fingerprint density at radius 2 is 2.17 bits per heavy atom. The van der Waals surface area contributed by atoms with E-state index >= 15 is 0 Å². The number of benzene rings is 1. The Morgan fingerprint density at radius 3 is 2.72 bits per heavy atom. The van der Waals surface area contributed by atoms with Gasteiger partial charge in [0.15, 0.2) is 0 Å². The summed E-state index contributed by atoms with van der Waals surface area (Å²) in [6.45, 7) is 2.73. The lowest BCUT2D eigenvalue weighted by atomic mass is 10.1. The first-order valence-corrected chi connectivity index (χ1v) is 6.73. The molecule has 1 fully saturated rings. The number of rotatable bonds is 2. The molecule has 0 radical (unpaired) electrons. The summed E-state index contributed by atoms with van der Waals surface area (Å²) in [7, 11) is 0. The van der Waals surface area contributed by atoms with E-state index in [2.05, 4.69) is 0 Å². The van der Waals surface area contributed by atoms with Crippen molar-refractivity contribution in [1.29, 1.82) is 0 Å². The van der Waals surface area contributed by atoms with Crippen LogP contribution in [0.5, 0.6) is 0 Å². The molecule has 1 aliphatic rings. The molecule has 1 aromatic rings. The van der Waals surface area contributed by atoms with Crippen LogP contribution < -0.4 is 5.73 Å². The minimum Gasteiger partial charge on any atom is -0.338 e. The summed E-state index contributed by atoms with van der Waals surface area (Å²) in [5.41, 5.74) is 6.79. The van der Waals surface area contributed by atoms with Gasteiger partial charge in [0.2, 0.25) is 5.91 Å². The van der Waals surface area contributed by atoms with E-state index in [9.17, 15) is 4.79 Å². The molecule has 2 N–H and O–H groups in total. The van der Waals surface area contributed by atoms with Crippen molar-refractivity contribution in [3.63, 3.8) is 0 Å². The van der Waals surface area contributed by atoms with E-state index in [1.807, 2.05) is 17.9 Å². The molecule has 1 aromatic carbocycles. The normalized spacial score (nSPS) is 23.4. The van der Waals surface area contributed by atoms with Crippen molar-refractivity contribution >= 4 is 29.1 Å². The van der Waals surface area contributed by atoms with E-state index in [0.717, 1.165) is 18.5 Å². The van der Waals surface area contributed by atoms with Crippen LogP contribution in [-0.2, 0) is 11.2 Å². The molecular weight excluding hydrogens is 271 g/mol. The molecule has 0 saturated carbocycles. The molecule has 0 spiro atoms. The molecule has 1 saturated heterocycles. The van der Waals surface area contributed by atoms with Gasteiger partial charge in [0.25, 0.3) is 0 Å². The highest BCUT2D eigenvalue weighted by atomic mass is 35.5. The van der Waals surface area contributed by atoms with Crippen molar-refractivity contribution in [3.8, 4) is 0 Å². The van der Waals surface area contributed by atoms with Crippen LogP contribution in [-0.4, -0.2) is 29.4 Å². The minimum atomic E-state index is 0.0859. The zero-order valence-corrected chi connectivity index (χ0v) is 11.7. The number of amides is 1. The fourth-order valence-electron chi connectivity index (χ4n) is 2.24. The third-order valence-corrected chi connectivity index (χ3v) is 4.21. The quantitative estimate of drug-likeness (QED) is 0.908. The van der Waals surface area contributed by atoms with Crippen LogP contribution in [0.4, 0.5) is 0 Å². The molecule has 0 bridgehead atoms. The second-order valence-electron chi connectivity index (χ2n) is 4.71. The molecule has 1 aliphatic heterocycles. The molecule has 3 nitrogen and oxygen atoms in total. The zero-order chi connectivity index (χ0) is 13.3. The Kier molecular flexibility index (Phi) is 4.15. The summed E-state index contributed by atoms with van der Waals surface area (Å²) in [5.74, 6) is 0.0915. The largest absolute Gasteiger partial charge is 0.338 e. The van der Waals surface area contributed by atoms with Crippen LogP contribution in [0.2, 0.25) is 10.0 Å². The van der Waals surface area contributed by atoms with Gasteiger partial charge >= 0.3 is 0 Å². The molecule has 1 heterocycles. The Morgan fingerprint density at radius 1 is 1.44 bits per heavy atom. The highest BCUT2D eigenvalue weighted by molar-refractivity contribution is 6.42. The highest BCUT2D eigenvalue weighted by Gasteiger charge is 2.31.